The lowest BCUT2D eigenvalue weighted by molar-refractivity contribution is 0.294. The molecule has 1 N–H and O–H groups in total. The fourth-order valence-electron chi connectivity index (χ4n) is 2.32. The summed E-state index contributed by atoms with van der Waals surface area (Å²) in [4.78, 5) is 0. The van der Waals surface area contributed by atoms with Crippen LogP contribution in [-0.4, -0.2) is 26.3 Å². The van der Waals surface area contributed by atoms with Crippen molar-refractivity contribution in [1.29, 1.82) is 0 Å². The van der Waals surface area contributed by atoms with Crippen molar-refractivity contribution < 1.29 is 9.47 Å². The third-order valence-electron chi connectivity index (χ3n) is 3.78. The van der Waals surface area contributed by atoms with Crippen LogP contribution in [-0.2, 0) is 5.41 Å². The SMILES string of the molecule is CC(C)(C)c1ccc(OCCNCCCOc2ccccc2)cc1.Cl. The van der Waals surface area contributed by atoms with Gasteiger partial charge in [0.15, 0.2) is 0 Å². The maximum absolute atomic E-state index is 5.76. The van der Waals surface area contributed by atoms with Gasteiger partial charge < -0.3 is 14.8 Å². The van der Waals surface area contributed by atoms with E-state index in [4.69, 9.17) is 9.47 Å². The lowest BCUT2D eigenvalue weighted by Gasteiger charge is -2.19. The molecule has 2 rings (SSSR count). The Bertz CT molecular complexity index is 579. The maximum Gasteiger partial charge on any atom is 0.119 e. The van der Waals surface area contributed by atoms with Crippen molar-refractivity contribution in [2.45, 2.75) is 32.6 Å². The first-order chi connectivity index (χ1) is 11.6. The van der Waals surface area contributed by atoms with Gasteiger partial charge in [-0.25, -0.2) is 0 Å². The summed E-state index contributed by atoms with van der Waals surface area (Å²) in [5, 5.41) is 3.37. The molecule has 0 heterocycles. The third-order valence-corrected chi connectivity index (χ3v) is 3.78. The van der Waals surface area contributed by atoms with E-state index in [1.807, 2.05) is 42.5 Å². The molecule has 0 aromatic heterocycles. The largest absolute Gasteiger partial charge is 0.494 e. The van der Waals surface area contributed by atoms with E-state index in [1.54, 1.807) is 0 Å². The molecule has 0 atom stereocenters. The van der Waals surface area contributed by atoms with Crippen molar-refractivity contribution in [2.24, 2.45) is 0 Å². The second kappa shape index (κ2) is 11.0. The summed E-state index contributed by atoms with van der Waals surface area (Å²) < 4.78 is 11.4. The lowest BCUT2D eigenvalue weighted by atomic mass is 9.87. The summed E-state index contributed by atoms with van der Waals surface area (Å²) in [7, 11) is 0. The zero-order chi connectivity index (χ0) is 17.3. The van der Waals surface area contributed by atoms with E-state index in [0.29, 0.717) is 6.61 Å². The number of hydrogen-bond acceptors (Lipinski definition) is 3. The predicted octanol–water partition coefficient (Wildman–Crippen LogP) is 4.84. The highest BCUT2D eigenvalue weighted by Gasteiger charge is 2.12. The molecule has 0 amide bonds. The molecule has 3 nitrogen and oxygen atoms in total. The molecule has 2 aromatic carbocycles. The molecule has 2 aromatic rings. The van der Waals surface area contributed by atoms with Crippen molar-refractivity contribution in [1.82, 2.24) is 5.32 Å². The fraction of sp³-hybridized carbons (Fsp3) is 0.429. The molecule has 0 unspecified atom stereocenters. The number of nitrogens with one attached hydrogen (secondary N) is 1. The van der Waals surface area contributed by atoms with Crippen molar-refractivity contribution in [3.63, 3.8) is 0 Å². The van der Waals surface area contributed by atoms with Crippen LogP contribution in [0.15, 0.2) is 54.6 Å². The van der Waals surface area contributed by atoms with Gasteiger partial charge in [0.05, 0.1) is 6.61 Å². The summed E-state index contributed by atoms with van der Waals surface area (Å²) in [5.41, 5.74) is 1.51. The molecule has 0 aliphatic rings. The van der Waals surface area contributed by atoms with Crippen LogP contribution >= 0.6 is 12.4 Å². The van der Waals surface area contributed by atoms with E-state index in [1.165, 1.54) is 5.56 Å². The van der Waals surface area contributed by atoms with Gasteiger partial charge in [0.2, 0.25) is 0 Å². The molecular weight excluding hydrogens is 334 g/mol. The fourth-order valence-corrected chi connectivity index (χ4v) is 2.32. The highest BCUT2D eigenvalue weighted by atomic mass is 35.5. The van der Waals surface area contributed by atoms with Crippen LogP contribution < -0.4 is 14.8 Å². The van der Waals surface area contributed by atoms with Gasteiger partial charge in [-0.05, 0) is 48.2 Å². The summed E-state index contributed by atoms with van der Waals surface area (Å²) in [6, 6.07) is 18.3. The minimum atomic E-state index is 0. The van der Waals surface area contributed by atoms with Gasteiger partial charge in [-0.3, -0.25) is 0 Å². The van der Waals surface area contributed by atoms with Gasteiger partial charge in [0, 0.05) is 6.54 Å². The van der Waals surface area contributed by atoms with E-state index >= 15 is 0 Å². The lowest BCUT2D eigenvalue weighted by Crippen LogP contribution is -2.23. The molecule has 0 bridgehead atoms. The molecule has 4 heteroatoms. The van der Waals surface area contributed by atoms with E-state index in [-0.39, 0.29) is 17.8 Å². The van der Waals surface area contributed by atoms with Gasteiger partial charge in [0.1, 0.15) is 18.1 Å². The molecule has 0 saturated carbocycles. The Morgan fingerprint density at radius 3 is 2.00 bits per heavy atom. The molecule has 0 aliphatic carbocycles. The van der Waals surface area contributed by atoms with Crippen LogP contribution in [0, 0.1) is 0 Å². The Labute approximate surface area is 158 Å². The highest BCUT2D eigenvalue weighted by molar-refractivity contribution is 5.85. The first-order valence-corrected chi connectivity index (χ1v) is 8.67. The average Bonchev–Trinajstić information content (AvgIpc) is 2.58. The van der Waals surface area contributed by atoms with Gasteiger partial charge >= 0.3 is 0 Å². The minimum Gasteiger partial charge on any atom is -0.494 e. The summed E-state index contributed by atoms with van der Waals surface area (Å²) in [6.07, 6.45) is 0.981. The maximum atomic E-state index is 5.76. The monoisotopic (exact) mass is 363 g/mol. The molecule has 138 valence electrons. The summed E-state index contributed by atoms with van der Waals surface area (Å²) in [6.45, 7) is 9.82. The number of ether oxygens (including phenoxy) is 2. The molecular formula is C21H30ClNO2. The van der Waals surface area contributed by atoms with Crippen molar-refractivity contribution in [2.75, 3.05) is 26.3 Å². The number of para-hydroxylation sites is 1. The van der Waals surface area contributed by atoms with Crippen LogP contribution in [0.3, 0.4) is 0 Å². The quantitative estimate of drug-likeness (QED) is 0.646. The Balaban J connectivity index is 0.00000312. The van der Waals surface area contributed by atoms with E-state index in [9.17, 15) is 0 Å². The van der Waals surface area contributed by atoms with E-state index in [2.05, 4.69) is 38.2 Å². The average molecular weight is 364 g/mol. The molecule has 25 heavy (non-hydrogen) atoms. The first-order valence-electron chi connectivity index (χ1n) is 8.67. The Morgan fingerprint density at radius 1 is 0.760 bits per heavy atom. The van der Waals surface area contributed by atoms with Crippen LogP contribution in [0.1, 0.15) is 32.8 Å². The Morgan fingerprint density at radius 2 is 1.36 bits per heavy atom. The second-order valence-electron chi connectivity index (χ2n) is 6.89. The van der Waals surface area contributed by atoms with Crippen LogP contribution in [0.2, 0.25) is 0 Å². The smallest absolute Gasteiger partial charge is 0.119 e. The van der Waals surface area contributed by atoms with E-state index in [0.717, 1.165) is 37.6 Å². The minimum absolute atomic E-state index is 0. The third kappa shape index (κ3) is 8.28. The molecule has 0 saturated heterocycles. The normalized spacial score (nSPS) is 10.8. The number of hydrogen-bond donors (Lipinski definition) is 1. The summed E-state index contributed by atoms with van der Waals surface area (Å²) in [5.74, 6) is 1.86. The second-order valence-corrected chi connectivity index (χ2v) is 6.89. The zero-order valence-corrected chi connectivity index (χ0v) is 16.3. The zero-order valence-electron chi connectivity index (χ0n) is 15.5. The Kier molecular flexibility index (Phi) is 9.40. The molecule has 0 fully saturated rings. The molecule has 0 radical (unpaired) electrons. The first kappa shape index (κ1) is 21.3. The van der Waals surface area contributed by atoms with Crippen molar-refractivity contribution >= 4 is 12.4 Å². The van der Waals surface area contributed by atoms with Crippen LogP contribution in [0.25, 0.3) is 0 Å². The number of benzene rings is 2. The standard InChI is InChI=1S/C21H29NO2.ClH/c1-21(2,3)18-10-12-20(13-11-18)24-17-15-22-14-7-16-23-19-8-5-4-6-9-19;/h4-6,8-13,22H,7,14-17H2,1-3H3;1H. The molecule has 0 spiro atoms. The van der Waals surface area contributed by atoms with Gasteiger partial charge in [-0.1, -0.05) is 51.1 Å². The van der Waals surface area contributed by atoms with Gasteiger partial charge in [-0.15, -0.1) is 12.4 Å². The van der Waals surface area contributed by atoms with Gasteiger partial charge in [0.25, 0.3) is 0 Å². The van der Waals surface area contributed by atoms with Crippen molar-refractivity contribution in [3.8, 4) is 11.5 Å². The number of halogens is 1. The van der Waals surface area contributed by atoms with Crippen molar-refractivity contribution in [3.05, 3.63) is 60.2 Å². The number of rotatable bonds is 9. The van der Waals surface area contributed by atoms with Crippen LogP contribution in [0.4, 0.5) is 0 Å². The van der Waals surface area contributed by atoms with Crippen LogP contribution in [0.5, 0.6) is 11.5 Å². The Hall–Kier alpha value is -1.71. The predicted molar refractivity (Wildman–Crippen MR) is 107 cm³/mol. The van der Waals surface area contributed by atoms with E-state index < -0.39 is 0 Å². The summed E-state index contributed by atoms with van der Waals surface area (Å²) >= 11 is 0. The highest BCUT2D eigenvalue weighted by Crippen LogP contribution is 2.24. The van der Waals surface area contributed by atoms with Gasteiger partial charge in [-0.2, -0.15) is 0 Å². The molecule has 0 aliphatic heterocycles. The topological polar surface area (TPSA) is 30.5 Å².